The Bertz CT molecular complexity index is 411. The number of benzene rings is 1. The zero-order valence-corrected chi connectivity index (χ0v) is 7.37. The molecule has 14 heavy (non-hydrogen) atoms. The summed E-state index contributed by atoms with van der Waals surface area (Å²) in [6.07, 6.45) is 1.32. The Balaban J connectivity index is 3.07. The van der Waals surface area contributed by atoms with Gasteiger partial charge in [-0.1, -0.05) is 0 Å². The number of hydrogen-bond acceptors (Lipinski definition) is 3. The van der Waals surface area contributed by atoms with Gasteiger partial charge in [0.05, 0.1) is 11.4 Å². The molecule has 0 aliphatic heterocycles. The average molecular weight is 194 g/mol. The van der Waals surface area contributed by atoms with Gasteiger partial charge in [-0.25, -0.2) is 9.18 Å². The Morgan fingerprint density at radius 2 is 2.29 bits per heavy atom. The van der Waals surface area contributed by atoms with Crippen molar-refractivity contribution < 1.29 is 14.0 Å². The van der Waals surface area contributed by atoms with Gasteiger partial charge in [0.15, 0.2) is 0 Å². The molecule has 0 heterocycles. The molecule has 1 rings (SSSR count). The van der Waals surface area contributed by atoms with Crippen LogP contribution in [0.1, 0.15) is 6.92 Å². The minimum absolute atomic E-state index is 0.00556. The first kappa shape index (κ1) is 10.1. The van der Waals surface area contributed by atoms with Gasteiger partial charge in [0.2, 0.25) is 12.0 Å². The fraction of sp³-hybridized carbons (Fsp3) is 0.111. The van der Waals surface area contributed by atoms with E-state index in [2.05, 4.69) is 10.3 Å². The third-order valence-corrected chi connectivity index (χ3v) is 1.44. The molecule has 0 atom stereocenters. The molecule has 1 N–H and O–H groups in total. The Morgan fingerprint density at radius 3 is 2.86 bits per heavy atom. The van der Waals surface area contributed by atoms with Gasteiger partial charge in [-0.2, -0.15) is 4.99 Å². The van der Waals surface area contributed by atoms with Crippen molar-refractivity contribution in [1.29, 1.82) is 0 Å². The highest BCUT2D eigenvalue weighted by molar-refractivity contribution is 5.89. The number of carbonyl (C=O) groups is 1. The lowest BCUT2D eigenvalue weighted by molar-refractivity contribution is -0.114. The van der Waals surface area contributed by atoms with E-state index in [9.17, 15) is 14.0 Å². The van der Waals surface area contributed by atoms with Gasteiger partial charge < -0.3 is 5.32 Å². The van der Waals surface area contributed by atoms with Gasteiger partial charge in [-0.3, -0.25) is 4.79 Å². The van der Waals surface area contributed by atoms with E-state index in [-0.39, 0.29) is 11.4 Å². The van der Waals surface area contributed by atoms with E-state index < -0.39 is 11.7 Å². The van der Waals surface area contributed by atoms with Crippen LogP contribution in [0.3, 0.4) is 0 Å². The largest absolute Gasteiger partial charge is 0.324 e. The number of amides is 1. The SMILES string of the molecule is CC(=O)Nc1cc(N=C=O)ccc1F. The molecule has 0 aliphatic rings. The highest BCUT2D eigenvalue weighted by Gasteiger charge is 2.04. The van der Waals surface area contributed by atoms with Gasteiger partial charge in [-0.05, 0) is 18.2 Å². The fourth-order valence-corrected chi connectivity index (χ4v) is 0.921. The van der Waals surface area contributed by atoms with E-state index >= 15 is 0 Å². The topological polar surface area (TPSA) is 58.5 Å². The molecular weight excluding hydrogens is 187 g/mol. The quantitative estimate of drug-likeness (QED) is 0.576. The molecule has 4 nitrogen and oxygen atoms in total. The van der Waals surface area contributed by atoms with E-state index in [1.807, 2.05) is 0 Å². The minimum atomic E-state index is -0.579. The van der Waals surface area contributed by atoms with Gasteiger partial charge in [0, 0.05) is 6.92 Å². The molecule has 0 saturated carbocycles. The lowest BCUT2D eigenvalue weighted by Gasteiger charge is -2.03. The molecule has 0 bridgehead atoms. The molecule has 0 spiro atoms. The van der Waals surface area contributed by atoms with Crippen LogP contribution < -0.4 is 5.32 Å². The molecule has 0 fully saturated rings. The normalized spacial score (nSPS) is 9.00. The van der Waals surface area contributed by atoms with Crippen LogP contribution in [0.4, 0.5) is 15.8 Å². The first-order valence-corrected chi connectivity index (χ1v) is 3.78. The maximum absolute atomic E-state index is 13.0. The van der Waals surface area contributed by atoms with E-state index in [4.69, 9.17) is 0 Å². The molecular formula is C9H7FN2O2. The molecule has 5 heteroatoms. The third kappa shape index (κ3) is 2.50. The van der Waals surface area contributed by atoms with E-state index in [1.54, 1.807) is 0 Å². The molecule has 0 unspecified atom stereocenters. The van der Waals surface area contributed by atoms with Crippen molar-refractivity contribution in [2.24, 2.45) is 4.99 Å². The second-order valence-corrected chi connectivity index (χ2v) is 2.55. The summed E-state index contributed by atoms with van der Waals surface area (Å²) in [5, 5.41) is 2.27. The summed E-state index contributed by atoms with van der Waals surface area (Å²) in [6.45, 7) is 1.26. The zero-order valence-electron chi connectivity index (χ0n) is 7.37. The van der Waals surface area contributed by atoms with Crippen molar-refractivity contribution in [3.63, 3.8) is 0 Å². The van der Waals surface area contributed by atoms with Crippen molar-refractivity contribution in [2.75, 3.05) is 5.32 Å². The smallest absolute Gasteiger partial charge is 0.240 e. The van der Waals surface area contributed by atoms with Crippen LogP contribution in [-0.4, -0.2) is 12.0 Å². The summed E-state index contributed by atoms with van der Waals surface area (Å²) >= 11 is 0. The predicted molar refractivity (Wildman–Crippen MR) is 48.5 cm³/mol. The highest BCUT2D eigenvalue weighted by Crippen LogP contribution is 2.21. The van der Waals surface area contributed by atoms with E-state index in [0.717, 1.165) is 6.07 Å². The maximum atomic E-state index is 13.0. The van der Waals surface area contributed by atoms with Crippen LogP contribution in [0.5, 0.6) is 0 Å². The maximum Gasteiger partial charge on any atom is 0.240 e. The lowest BCUT2D eigenvalue weighted by atomic mass is 10.2. The number of aliphatic imine (C=N–C) groups is 1. The summed E-state index contributed by atoms with van der Waals surface area (Å²) in [5.74, 6) is -0.971. The zero-order chi connectivity index (χ0) is 10.6. The Hall–Kier alpha value is -2.00. The van der Waals surface area contributed by atoms with Crippen molar-refractivity contribution in [1.82, 2.24) is 0 Å². The summed E-state index contributed by atoms with van der Waals surface area (Å²) in [7, 11) is 0. The molecule has 1 aromatic rings. The van der Waals surface area contributed by atoms with Gasteiger partial charge in [-0.15, -0.1) is 0 Å². The Kier molecular flexibility index (Phi) is 3.09. The van der Waals surface area contributed by atoms with Gasteiger partial charge in [0.25, 0.3) is 0 Å². The van der Waals surface area contributed by atoms with Crippen molar-refractivity contribution in [3.8, 4) is 0 Å². The first-order valence-electron chi connectivity index (χ1n) is 3.78. The van der Waals surface area contributed by atoms with Crippen molar-refractivity contribution in [2.45, 2.75) is 6.92 Å². The molecule has 0 saturated heterocycles. The van der Waals surface area contributed by atoms with E-state index in [0.29, 0.717) is 0 Å². The van der Waals surface area contributed by atoms with Gasteiger partial charge >= 0.3 is 0 Å². The summed E-state index contributed by atoms with van der Waals surface area (Å²) in [6, 6.07) is 3.68. The van der Waals surface area contributed by atoms with Crippen LogP contribution in [-0.2, 0) is 9.59 Å². The molecule has 72 valence electrons. The molecule has 1 aromatic carbocycles. The second kappa shape index (κ2) is 4.30. The Morgan fingerprint density at radius 1 is 1.57 bits per heavy atom. The standard InChI is InChI=1S/C9H7FN2O2/c1-6(14)12-9-4-7(11-5-13)2-3-8(9)10/h2-4H,1H3,(H,12,14). The lowest BCUT2D eigenvalue weighted by Crippen LogP contribution is -2.07. The summed E-state index contributed by atoms with van der Waals surface area (Å²) in [4.78, 5) is 23.9. The third-order valence-electron chi connectivity index (χ3n) is 1.44. The molecule has 0 aromatic heterocycles. The molecule has 0 radical (unpaired) electrons. The Labute approximate surface area is 79.5 Å². The highest BCUT2D eigenvalue weighted by atomic mass is 19.1. The number of rotatable bonds is 2. The number of hydrogen-bond donors (Lipinski definition) is 1. The average Bonchev–Trinajstić information content (AvgIpc) is 2.10. The summed E-state index contributed by atoms with van der Waals surface area (Å²) in [5.41, 5.74) is 0.235. The van der Waals surface area contributed by atoms with Crippen LogP contribution in [0.25, 0.3) is 0 Å². The molecule has 1 amide bonds. The monoisotopic (exact) mass is 194 g/mol. The first-order chi connectivity index (χ1) is 6.63. The number of halogens is 1. The van der Waals surface area contributed by atoms with Crippen LogP contribution in [0.2, 0.25) is 0 Å². The van der Waals surface area contributed by atoms with Gasteiger partial charge in [0.1, 0.15) is 5.82 Å². The van der Waals surface area contributed by atoms with Crippen molar-refractivity contribution in [3.05, 3.63) is 24.0 Å². The van der Waals surface area contributed by atoms with Crippen molar-refractivity contribution >= 4 is 23.4 Å². The number of nitrogens with one attached hydrogen (secondary N) is 1. The predicted octanol–water partition coefficient (Wildman–Crippen LogP) is 1.75. The van der Waals surface area contributed by atoms with Crippen LogP contribution in [0, 0.1) is 5.82 Å². The number of isocyanates is 1. The molecule has 0 aliphatic carbocycles. The summed E-state index contributed by atoms with van der Waals surface area (Å²) < 4.78 is 13.0. The van der Waals surface area contributed by atoms with E-state index in [1.165, 1.54) is 25.1 Å². The number of nitrogens with zero attached hydrogens (tertiary/aromatic N) is 1. The fourth-order valence-electron chi connectivity index (χ4n) is 0.921. The van der Waals surface area contributed by atoms with Crippen LogP contribution >= 0.6 is 0 Å². The number of carbonyl (C=O) groups excluding carboxylic acids is 2. The minimum Gasteiger partial charge on any atom is -0.324 e. The van der Waals surface area contributed by atoms with Crippen LogP contribution in [0.15, 0.2) is 23.2 Å². The number of anilines is 1. The second-order valence-electron chi connectivity index (χ2n) is 2.55.